The lowest BCUT2D eigenvalue weighted by atomic mass is 9.94. The molecule has 14 heavy (non-hydrogen) atoms. The van der Waals surface area contributed by atoms with Gasteiger partial charge < -0.3 is 10.8 Å². The van der Waals surface area contributed by atoms with E-state index in [9.17, 15) is 0 Å². The summed E-state index contributed by atoms with van der Waals surface area (Å²) in [6, 6.07) is 1.89. The van der Waals surface area contributed by atoms with Crippen LogP contribution in [0.3, 0.4) is 0 Å². The predicted molar refractivity (Wildman–Crippen MR) is 57.0 cm³/mol. The highest BCUT2D eigenvalue weighted by Crippen LogP contribution is 2.23. The van der Waals surface area contributed by atoms with Crippen molar-refractivity contribution in [3.8, 4) is 0 Å². The second-order valence-corrected chi connectivity index (χ2v) is 3.78. The van der Waals surface area contributed by atoms with E-state index in [4.69, 9.17) is 10.8 Å². The normalized spacial score (nSPS) is 13.2. The molecule has 0 saturated carbocycles. The highest BCUT2D eigenvalue weighted by atomic mass is 16.3. The summed E-state index contributed by atoms with van der Waals surface area (Å²) in [4.78, 5) is 4.07. The van der Waals surface area contributed by atoms with Crippen LogP contribution in [0, 0.1) is 0 Å². The van der Waals surface area contributed by atoms with Gasteiger partial charge in [0.2, 0.25) is 0 Å². The van der Waals surface area contributed by atoms with Crippen LogP contribution < -0.4 is 5.73 Å². The molecule has 1 aromatic heterocycles. The summed E-state index contributed by atoms with van der Waals surface area (Å²) in [5, 5.41) is 8.83. The Hall–Kier alpha value is -0.930. The minimum atomic E-state index is -0.105. The van der Waals surface area contributed by atoms with Crippen LogP contribution in [0.25, 0.3) is 0 Å². The third-order valence-electron chi connectivity index (χ3n) is 2.35. The maximum atomic E-state index is 8.83. The number of nitrogens with zero attached hydrogens (tertiary/aromatic N) is 1. The lowest BCUT2D eigenvalue weighted by Crippen LogP contribution is -2.15. The smallest absolute Gasteiger partial charge is 0.0449 e. The number of pyridine rings is 1. The molecule has 0 fully saturated rings. The Balaban J connectivity index is 2.94. The van der Waals surface area contributed by atoms with Gasteiger partial charge in [-0.3, -0.25) is 4.98 Å². The zero-order valence-electron chi connectivity index (χ0n) is 8.77. The Morgan fingerprint density at radius 3 is 2.71 bits per heavy atom. The lowest BCUT2D eigenvalue weighted by Gasteiger charge is -2.17. The van der Waals surface area contributed by atoms with Crippen molar-refractivity contribution in [1.82, 2.24) is 4.98 Å². The van der Waals surface area contributed by atoms with Crippen molar-refractivity contribution in [2.24, 2.45) is 5.73 Å². The van der Waals surface area contributed by atoms with Crippen LogP contribution in [-0.4, -0.2) is 16.7 Å². The molecule has 0 aliphatic rings. The van der Waals surface area contributed by atoms with E-state index in [0.29, 0.717) is 12.3 Å². The molecule has 0 radical (unpaired) electrons. The van der Waals surface area contributed by atoms with E-state index in [0.717, 1.165) is 5.56 Å². The Morgan fingerprint density at radius 1 is 1.43 bits per heavy atom. The second kappa shape index (κ2) is 5.08. The Bertz CT molecular complexity index is 286. The van der Waals surface area contributed by atoms with Crippen molar-refractivity contribution in [2.45, 2.75) is 32.2 Å². The van der Waals surface area contributed by atoms with Gasteiger partial charge in [-0.1, -0.05) is 13.8 Å². The molecular weight excluding hydrogens is 176 g/mol. The van der Waals surface area contributed by atoms with E-state index in [1.807, 2.05) is 6.07 Å². The van der Waals surface area contributed by atoms with E-state index < -0.39 is 0 Å². The first kappa shape index (κ1) is 11.1. The van der Waals surface area contributed by atoms with E-state index in [1.165, 1.54) is 5.56 Å². The van der Waals surface area contributed by atoms with Crippen LogP contribution >= 0.6 is 0 Å². The summed E-state index contributed by atoms with van der Waals surface area (Å²) in [6.07, 6.45) is 4.17. The summed E-state index contributed by atoms with van der Waals surface area (Å²) in [5.41, 5.74) is 8.22. The van der Waals surface area contributed by atoms with Gasteiger partial charge in [-0.05, 0) is 29.5 Å². The van der Waals surface area contributed by atoms with Crippen molar-refractivity contribution in [3.63, 3.8) is 0 Å². The largest absolute Gasteiger partial charge is 0.396 e. The molecule has 0 aliphatic heterocycles. The van der Waals surface area contributed by atoms with Gasteiger partial charge in [-0.15, -0.1) is 0 Å². The number of hydrogen-bond acceptors (Lipinski definition) is 3. The molecule has 1 unspecified atom stereocenters. The molecule has 1 heterocycles. The van der Waals surface area contributed by atoms with Crippen molar-refractivity contribution in [1.29, 1.82) is 0 Å². The molecule has 3 heteroatoms. The first-order chi connectivity index (χ1) is 6.66. The third-order valence-corrected chi connectivity index (χ3v) is 2.35. The molecule has 1 rings (SSSR count). The lowest BCUT2D eigenvalue weighted by molar-refractivity contribution is 0.276. The van der Waals surface area contributed by atoms with Crippen molar-refractivity contribution < 1.29 is 5.11 Å². The Morgan fingerprint density at radius 2 is 2.14 bits per heavy atom. The fourth-order valence-electron chi connectivity index (χ4n) is 1.55. The van der Waals surface area contributed by atoms with Crippen LogP contribution in [0.1, 0.15) is 43.4 Å². The maximum absolute atomic E-state index is 8.83. The summed E-state index contributed by atoms with van der Waals surface area (Å²) >= 11 is 0. The minimum absolute atomic E-state index is 0.105. The third kappa shape index (κ3) is 2.53. The van der Waals surface area contributed by atoms with E-state index in [-0.39, 0.29) is 12.6 Å². The second-order valence-electron chi connectivity index (χ2n) is 3.78. The van der Waals surface area contributed by atoms with Gasteiger partial charge in [-0.2, -0.15) is 0 Å². The van der Waals surface area contributed by atoms with Gasteiger partial charge in [-0.25, -0.2) is 0 Å². The first-order valence-electron chi connectivity index (χ1n) is 4.97. The van der Waals surface area contributed by atoms with E-state index in [2.05, 4.69) is 18.8 Å². The SMILES string of the molecule is CC(C)c1ccncc1C(N)CCO. The zero-order valence-corrected chi connectivity index (χ0v) is 8.77. The Kier molecular flexibility index (Phi) is 4.04. The van der Waals surface area contributed by atoms with Crippen molar-refractivity contribution >= 4 is 0 Å². The molecule has 3 N–H and O–H groups in total. The van der Waals surface area contributed by atoms with Crippen LogP contribution in [0.5, 0.6) is 0 Å². The van der Waals surface area contributed by atoms with E-state index in [1.54, 1.807) is 12.4 Å². The van der Waals surface area contributed by atoms with Crippen LogP contribution in [0.2, 0.25) is 0 Å². The number of aliphatic hydroxyl groups is 1. The van der Waals surface area contributed by atoms with Gasteiger partial charge in [0.25, 0.3) is 0 Å². The molecular formula is C11H18N2O. The highest BCUT2D eigenvalue weighted by molar-refractivity contribution is 5.28. The maximum Gasteiger partial charge on any atom is 0.0449 e. The predicted octanol–water partition coefficient (Wildman–Crippen LogP) is 1.59. The minimum Gasteiger partial charge on any atom is -0.396 e. The van der Waals surface area contributed by atoms with E-state index >= 15 is 0 Å². The average molecular weight is 194 g/mol. The summed E-state index contributed by atoms with van der Waals surface area (Å²) in [5.74, 6) is 0.442. The van der Waals surface area contributed by atoms with Gasteiger partial charge in [0, 0.05) is 25.0 Å². The number of aliphatic hydroxyl groups excluding tert-OH is 1. The number of nitrogens with two attached hydrogens (primary N) is 1. The molecule has 0 amide bonds. The number of aromatic nitrogens is 1. The van der Waals surface area contributed by atoms with Crippen LogP contribution in [0.15, 0.2) is 18.5 Å². The highest BCUT2D eigenvalue weighted by Gasteiger charge is 2.12. The molecule has 0 spiro atoms. The molecule has 0 aromatic carbocycles. The number of hydrogen-bond donors (Lipinski definition) is 2. The monoisotopic (exact) mass is 194 g/mol. The first-order valence-corrected chi connectivity index (χ1v) is 4.97. The van der Waals surface area contributed by atoms with Gasteiger partial charge >= 0.3 is 0 Å². The van der Waals surface area contributed by atoms with Crippen LogP contribution in [-0.2, 0) is 0 Å². The van der Waals surface area contributed by atoms with Crippen molar-refractivity contribution in [2.75, 3.05) is 6.61 Å². The van der Waals surface area contributed by atoms with Crippen LogP contribution in [0.4, 0.5) is 0 Å². The molecule has 0 bridgehead atoms. The molecule has 0 aliphatic carbocycles. The fraction of sp³-hybridized carbons (Fsp3) is 0.545. The molecule has 1 atom stereocenters. The van der Waals surface area contributed by atoms with Gasteiger partial charge in [0.1, 0.15) is 0 Å². The van der Waals surface area contributed by atoms with Crippen molar-refractivity contribution in [3.05, 3.63) is 29.6 Å². The summed E-state index contributed by atoms with van der Waals surface area (Å²) in [7, 11) is 0. The van der Waals surface area contributed by atoms with Gasteiger partial charge in [0.15, 0.2) is 0 Å². The topological polar surface area (TPSA) is 59.1 Å². The fourth-order valence-corrected chi connectivity index (χ4v) is 1.55. The quantitative estimate of drug-likeness (QED) is 0.765. The van der Waals surface area contributed by atoms with Gasteiger partial charge in [0.05, 0.1) is 0 Å². The summed E-state index contributed by atoms with van der Waals surface area (Å²) < 4.78 is 0. The Labute approximate surface area is 85.0 Å². The molecule has 1 aromatic rings. The molecule has 78 valence electrons. The molecule has 3 nitrogen and oxygen atoms in total. The standard InChI is InChI=1S/C11H18N2O/c1-8(2)9-3-5-13-7-10(9)11(12)4-6-14/h3,5,7-8,11,14H,4,6,12H2,1-2H3. The average Bonchev–Trinajstić information content (AvgIpc) is 2.18. The summed E-state index contributed by atoms with van der Waals surface area (Å²) in [6.45, 7) is 4.38. The number of rotatable bonds is 4. The molecule has 0 saturated heterocycles. The zero-order chi connectivity index (χ0) is 10.6.